The lowest BCUT2D eigenvalue weighted by molar-refractivity contribution is 0.495. The molecule has 0 atom stereocenters. The van der Waals surface area contributed by atoms with Crippen molar-refractivity contribution < 1.29 is 17.9 Å². The standard InChI is InChI=1S/C18H18F2O2S/c1-23(21,22)13-10-8-12(9-11-13)14-4-2-5-15(14)16-6-3-7-17(19)18(16)20/h3,6-11,21-22H,2,4-5H2,1H3. The van der Waals surface area contributed by atoms with E-state index in [1.807, 2.05) is 12.1 Å². The van der Waals surface area contributed by atoms with Crippen LogP contribution in [0.15, 0.2) is 47.4 Å². The van der Waals surface area contributed by atoms with Gasteiger partial charge in [-0.2, -0.15) is 10.6 Å². The molecule has 3 rings (SSSR count). The normalized spacial score (nSPS) is 16.0. The number of halogens is 2. The molecule has 0 heterocycles. The van der Waals surface area contributed by atoms with Crippen molar-refractivity contribution in [1.82, 2.24) is 0 Å². The summed E-state index contributed by atoms with van der Waals surface area (Å²) in [6.07, 6.45) is 3.78. The van der Waals surface area contributed by atoms with Crippen molar-refractivity contribution in [2.75, 3.05) is 6.26 Å². The van der Waals surface area contributed by atoms with E-state index in [1.165, 1.54) is 12.3 Å². The number of hydrogen-bond acceptors (Lipinski definition) is 2. The van der Waals surface area contributed by atoms with Crippen LogP contribution >= 0.6 is 10.6 Å². The van der Waals surface area contributed by atoms with E-state index in [9.17, 15) is 17.9 Å². The summed E-state index contributed by atoms with van der Waals surface area (Å²) in [5.41, 5.74) is 3.06. The van der Waals surface area contributed by atoms with Gasteiger partial charge in [0.2, 0.25) is 0 Å². The Morgan fingerprint density at radius 2 is 1.57 bits per heavy atom. The summed E-state index contributed by atoms with van der Waals surface area (Å²) < 4.78 is 46.9. The zero-order valence-electron chi connectivity index (χ0n) is 12.7. The molecule has 2 nitrogen and oxygen atoms in total. The van der Waals surface area contributed by atoms with Crippen molar-refractivity contribution in [3.05, 3.63) is 65.2 Å². The summed E-state index contributed by atoms with van der Waals surface area (Å²) >= 11 is 0. The average Bonchev–Trinajstić information content (AvgIpc) is 2.98. The van der Waals surface area contributed by atoms with Crippen molar-refractivity contribution in [3.8, 4) is 0 Å². The van der Waals surface area contributed by atoms with Crippen LogP contribution in [0, 0.1) is 11.6 Å². The van der Waals surface area contributed by atoms with Crippen molar-refractivity contribution in [2.24, 2.45) is 0 Å². The summed E-state index contributed by atoms with van der Waals surface area (Å²) in [5.74, 6) is -1.64. The van der Waals surface area contributed by atoms with Crippen LogP contribution in [0.3, 0.4) is 0 Å². The molecule has 0 radical (unpaired) electrons. The van der Waals surface area contributed by atoms with E-state index >= 15 is 0 Å². The summed E-state index contributed by atoms with van der Waals surface area (Å²) in [5, 5.41) is 0. The smallest absolute Gasteiger partial charge is 0.166 e. The van der Waals surface area contributed by atoms with Gasteiger partial charge < -0.3 is 0 Å². The molecule has 0 aromatic heterocycles. The minimum atomic E-state index is -2.75. The van der Waals surface area contributed by atoms with Crippen LogP contribution in [0.1, 0.15) is 30.4 Å². The SMILES string of the molecule is CS(O)(O)c1ccc(C2=C(c3cccc(F)c3F)CCC2)cc1. The number of hydrogen-bond donors (Lipinski definition) is 2. The van der Waals surface area contributed by atoms with Crippen LogP contribution < -0.4 is 0 Å². The Kier molecular flexibility index (Phi) is 4.27. The zero-order valence-corrected chi connectivity index (χ0v) is 13.5. The van der Waals surface area contributed by atoms with Gasteiger partial charge in [-0.05, 0) is 54.2 Å². The third kappa shape index (κ3) is 3.17. The molecule has 2 N–H and O–H groups in total. The molecule has 2 aromatic rings. The van der Waals surface area contributed by atoms with Crippen LogP contribution in [0.5, 0.6) is 0 Å². The molecule has 23 heavy (non-hydrogen) atoms. The van der Waals surface area contributed by atoms with E-state index in [0.717, 1.165) is 35.6 Å². The molecule has 122 valence electrons. The molecule has 2 aromatic carbocycles. The minimum Gasteiger partial charge on any atom is -0.295 e. The summed E-state index contributed by atoms with van der Waals surface area (Å²) in [4.78, 5) is 0.471. The highest BCUT2D eigenvalue weighted by atomic mass is 32.3. The first-order valence-corrected chi connectivity index (χ1v) is 9.33. The third-order valence-electron chi connectivity index (χ3n) is 4.14. The Bertz CT molecular complexity index is 762. The molecular formula is C18H18F2O2S. The second-order valence-electron chi connectivity index (χ2n) is 5.77. The Morgan fingerprint density at radius 3 is 2.22 bits per heavy atom. The first-order chi connectivity index (χ1) is 10.9. The summed E-state index contributed by atoms with van der Waals surface area (Å²) in [7, 11) is -2.75. The molecule has 0 saturated heterocycles. The van der Waals surface area contributed by atoms with Gasteiger partial charge in [-0.3, -0.25) is 9.11 Å². The Balaban J connectivity index is 2.05. The first kappa shape index (κ1) is 16.2. The molecule has 0 amide bonds. The fourth-order valence-corrected chi connectivity index (χ4v) is 3.66. The van der Waals surface area contributed by atoms with Gasteiger partial charge >= 0.3 is 0 Å². The van der Waals surface area contributed by atoms with Gasteiger partial charge in [0.1, 0.15) is 0 Å². The van der Waals surface area contributed by atoms with Crippen LogP contribution in [-0.2, 0) is 0 Å². The second-order valence-corrected chi connectivity index (χ2v) is 7.91. The maximum Gasteiger partial charge on any atom is 0.166 e. The van der Waals surface area contributed by atoms with Crippen LogP contribution in [0.2, 0.25) is 0 Å². The molecule has 0 spiro atoms. The van der Waals surface area contributed by atoms with Crippen LogP contribution in [0.25, 0.3) is 11.1 Å². The summed E-state index contributed by atoms with van der Waals surface area (Å²) in [6, 6.07) is 11.2. The molecule has 5 heteroatoms. The highest BCUT2D eigenvalue weighted by Crippen LogP contribution is 2.45. The summed E-state index contributed by atoms with van der Waals surface area (Å²) in [6.45, 7) is 0. The molecule has 0 unspecified atom stereocenters. The number of benzene rings is 2. The van der Waals surface area contributed by atoms with Gasteiger partial charge in [-0.15, -0.1) is 0 Å². The van der Waals surface area contributed by atoms with Crippen LogP contribution in [0.4, 0.5) is 8.78 Å². The van der Waals surface area contributed by atoms with Gasteiger partial charge in [0, 0.05) is 11.8 Å². The number of rotatable bonds is 3. The van der Waals surface area contributed by atoms with E-state index in [2.05, 4.69) is 0 Å². The fourth-order valence-electron chi connectivity index (χ4n) is 3.01. The molecular weight excluding hydrogens is 318 g/mol. The number of allylic oxidation sites excluding steroid dienone is 2. The van der Waals surface area contributed by atoms with Crippen molar-refractivity contribution in [3.63, 3.8) is 0 Å². The average molecular weight is 336 g/mol. The predicted molar refractivity (Wildman–Crippen MR) is 90.5 cm³/mol. The fraction of sp³-hybridized carbons (Fsp3) is 0.222. The zero-order chi connectivity index (χ0) is 16.6. The van der Waals surface area contributed by atoms with Gasteiger partial charge in [0.15, 0.2) is 11.6 Å². The topological polar surface area (TPSA) is 40.5 Å². The van der Waals surface area contributed by atoms with Crippen LogP contribution in [-0.4, -0.2) is 15.4 Å². The quantitative estimate of drug-likeness (QED) is 0.744. The van der Waals surface area contributed by atoms with Crippen molar-refractivity contribution in [2.45, 2.75) is 24.2 Å². The lowest BCUT2D eigenvalue weighted by Crippen LogP contribution is -1.96. The van der Waals surface area contributed by atoms with Gasteiger partial charge in [-0.1, -0.05) is 24.3 Å². The predicted octanol–water partition coefficient (Wildman–Crippen LogP) is 5.80. The van der Waals surface area contributed by atoms with E-state index in [0.29, 0.717) is 16.9 Å². The molecule has 0 saturated carbocycles. The van der Waals surface area contributed by atoms with Crippen molar-refractivity contribution >= 4 is 21.7 Å². The molecule has 0 aliphatic heterocycles. The minimum absolute atomic E-state index is 0.321. The molecule has 0 fully saturated rings. The maximum absolute atomic E-state index is 14.1. The first-order valence-electron chi connectivity index (χ1n) is 7.38. The largest absolute Gasteiger partial charge is 0.295 e. The third-order valence-corrected chi connectivity index (χ3v) is 5.31. The van der Waals surface area contributed by atoms with E-state index in [4.69, 9.17) is 0 Å². The highest BCUT2D eigenvalue weighted by molar-refractivity contribution is 8.23. The van der Waals surface area contributed by atoms with Gasteiger partial charge in [-0.25, -0.2) is 8.78 Å². The molecule has 0 bridgehead atoms. The van der Waals surface area contributed by atoms with E-state index < -0.39 is 22.2 Å². The van der Waals surface area contributed by atoms with Gasteiger partial charge in [0.05, 0.1) is 4.90 Å². The molecule has 1 aliphatic rings. The Hall–Kier alpha value is -1.69. The Labute approximate surface area is 135 Å². The molecule has 1 aliphatic carbocycles. The van der Waals surface area contributed by atoms with Crippen molar-refractivity contribution in [1.29, 1.82) is 0 Å². The lowest BCUT2D eigenvalue weighted by atomic mass is 9.96. The maximum atomic E-state index is 14.1. The monoisotopic (exact) mass is 336 g/mol. The van der Waals surface area contributed by atoms with E-state index in [-0.39, 0.29) is 0 Å². The Morgan fingerprint density at radius 1 is 0.913 bits per heavy atom. The highest BCUT2D eigenvalue weighted by Gasteiger charge is 2.21. The second kappa shape index (κ2) is 6.07. The van der Waals surface area contributed by atoms with E-state index in [1.54, 1.807) is 18.2 Å². The van der Waals surface area contributed by atoms with Gasteiger partial charge in [0.25, 0.3) is 0 Å². The lowest BCUT2D eigenvalue weighted by Gasteiger charge is -2.27.